The van der Waals surface area contributed by atoms with E-state index < -0.39 is 0 Å². The van der Waals surface area contributed by atoms with E-state index in [2.05, 4.69) is 5.32 Å². The molecular formula is C15H22FNO2. The highest BCUT2D eigenvalue weighted by Crippen LogP contribution is 2.38. The van der Waals surface area contributed by atoms with Crippen LogP contribution in [0.4, 0.5) is 4.39 Å². The molecule has 1 saturated carbocycles. The maximum atomic E-state index is 14.2. The normalized spacial score (nSPS) is 16.8. The van der Waals surface area contributed by atoms with Crippen LogP contribution in [0.1, 0.15) is 37.3 Å². The van der Waals surface area contributed by atoms with Crippen LogP contribution >= 0.6 is 0 Å². The predicted octanol–water partition coefficient (Wildman–Crippen LogP) is 3.29. The SMILES string of the molecule is CNC(CC1CCC1)c1cc(OC)c(OC)cc1F. The van der Waals surface area contributed by atoms with E-state index in [1.165, 1.54) is 32.4 Å². The summed E-state index contributed by atoms with van der Waals surface area (Å²) in [6.45, 7) is 0. The van der Waals surface area contributed by atoms with Gasteiger partial charge in [0.2, 0.25) is 0 Å². The third kappa shape index (κ3) is 3.00. The van der Waals surface area contributed by atoms with Crippen LogP contribution in [-0.4, -0.2) is 21.3 Å². The Balaban J connectivity index is 2.25. The molecule has 2 rings (SSSR count). The molecule has 0 aromatic heterocycles. The minimum Gasteiger partial charge on any atom is -0.493 e. The van der Waals surface area contributed by atoms with Crippen LogP contribution in [0.25, 0.3) is 0 Å². The third-order valence-electron chi connectivity index (χ3n) is 4.02. The summed E-state index contributed by atoms with van der Waals surface area (Å²) in [6, 6.07) is 3.18. The second-order valence-electron chi connectivity index (χ2n) is 5.10. The molecule has 1 aliphatic carbocycles. The largest absolute Gasteiger partial charge is 0.493 e. The van der Waals surface area contributed by atoms with Crippen LogP contribution in [0.5, 0.6) is 11.5 Å². The van der Waals surface area contributed by atoms with Gasteiger partial charge in [0.05, 0.1) is 14.2 Å². The van der Waals surface area contributed by atoms with Crippen LogP contribution in [0, 0.1) is 11.7 Å². The van der Waals surface area contributed by atoms with Crippen LogP contribution in [0.15, 0.2) is 12.1 Å². The van der Waals surface area contributed by atoms with Gasteiger partial charge < -0.3 is 14.8 Å². The first-order chi connectivity index (χ1) is 9.19. The van der Waals surface area contributed by atoms with Crippen LogP contribution < -0.4 is 14.8 Å². The second-order valence-corrected chi connectivity index (χ2v) is 5.10. The molecule has 4 heteroatoms. The molecule has 0 saturated heterocycles. The van der Waals surface area contributed by atoms with Crippen molar-refractivity contribution in [1.29, 1.82) is 0 Å². The summed E-state index contributed by atoms with van der Waals surface area (Å²) in [4.78, 5) is 0. The summed E-state index contributed by atoms with van der Waals surface area (Å²) >= 11 is 0. The Labute approximate surface area is 114 Å². The maximum Gasteiger partial charge on any atom is 0.163 e. The first-order valence-electron chi connectivity index (χ1n) is 6.78. The Morgan fingerprint density at radius 1 is 1.26 bits per heavy atom. The van der Waals surface area contributed by atoms with Crippen LogP contribution in [0.3, 0.4) is 0 Å². The standard InChI is InChI=1S/C15H22FNO2/c1-17-13(7-10-5-4-6-10)11-8-14(18-2)15(19-3)9-12(11)16/h8-10,13,17H,4-7H2,1-3H3. The van der Waals surface area contributed by atoms with Gasteiger partial charge in [0.25, 0.3) is 0 Å². The Bertz CT molecular complexity index is 432. The monoisotopic (exact) mass is 267 g/mol. The summed E-state index contributed by atoms with van der Waals surface area (Å²) in [5, 5.41) is 3.21. The van der Waals surface area contributed by atoms with Crippen molar-refractivity contribution in [1.82, 2.24) is 5.32 Å². The fourth-order valence-electron chi connectivity index (χ4n) is 2.60. The Kier molecular flexibility index (Phi) is 4.64. The molecule has 1 N–H and O–H groups in total. The molecule has 0 radical (unpaired) electrons. The van der Waals surface area contributed by atoms with E-state index in [0.717, 1.165) is 6.42 Å². The van der Waals surface area contributed by atoms with Gasteiger partial charge in [-0.2, -0.15) is 0 Å². The number of methoxy groups -OCH3 is 2. The first-order valence-corrected chi connectivity index (χ1v) is 6.78. The highest BCUT2D eigenvalue weighted by Gasteiger charge is 2.25. The topological polar surface area (TPSA) is 30.5 Å². The smallest absolute Gasteiger partial charge is 0.163 e. The molecule has 1 atom stereocenters. The van der Waals surface area contributed by atoms with Gasteiger partial charge >= 0.3 is 0 Å². The van der Waals surface area contributed by atoms with Crippen LogP contribution in [0.2, 0.25) is 0 Å². The van der Waals surface area contributed by atoms with E-state index >= 15 is 0 Å². The molecular weight excluding hydrogens is 245 g/mol. The lowest BCUT2D eigenvalue weighted by molar-refractivity contribution is 0.263. The van der Waals surface area contributed by atoms with E-state index in [0.29, 0.717) is 23.0 Å². The van der Waals surface area contributed by atoms with E-state index in [4.69, 9.17) is 9.47 Å². The van der Waals surface area contributed by atoms with Gasteiger partial charge in [0.15, 0.2) is 11.5 Å². The third-order valence-corrected chi connectivity index (χ3v) is 4.02. The van der Waals surface area contributed by atoms with Gasteiger partial charge in [-0.15, -0.1) is 0 Å². The number of rotatable bonds is 6. The average Bonchev–Trinajstić information content (AvgIpc) is 2.38. The van der Waals surface area contributed by atoms with Crippen molar-refractivity contribution in [2.24, 2.45) is 5.92 Å². The van der Waals surface area contributed by atoms with E-state index in [9.17, 15) is 4.39 Å². The summed E-state index contributed by atoms with van der Waals surface area (Å²) in [7, 11) is 4.96. The van der Waals surface area contributed by atoms with Gasteiger partial charge in [0.1, 0.15) is 5.82 Å². The number of hydrogen-bond donors (Lipinski definition) is 1. The van der Waals surface area contributed by atoms with Crippen molar-refractivity contribution < 1.29 is 13.9 Å². The Hall–Kier alpha value is -1.29. The zero-order chi connectivity index (χ0) is 13.8. The lowest BCUT2D eigenvalue weighted by atomic mass is 9.79. The second kappa shape index (κ2) is 6.24. The number of hydrogen-bond acceptors (Lipinski definition) is 3. The number of halogens is 1. The van der Waals surface area contributed by atoms with Gasteiger partial charge in [-0.05, 0) is 25.5 Å². The summed E-state index contributed by atoms with van der Waals surface area (Å²) < 4.78 is 24.6. The van der Waals surface area contributed by atoms with Gasteiger partial charge in [-0.3, -0.25) is 0 Å². The zero-order valence-electron chi connectivity index (χ0n) is 11.8. The summed E-state index contributed by atoms with van der Waals surface area (Å²) in [6.07, 6.45) is 4.79. The molecule has 0 aliphatic heterocycles. The number of nitrogens with one attached hydrogen (secondary N) is 1. The lowest BCUT2D eigenvalue weighted by Crippen LogP contribution is -2.24. The molecule has 0 amide bonds. The fraction of sp³-hybridized carbons (Fsp3) is 0.600. The van der Waals surface area contributed by atoms with Crippen molar-refractivity contribution >= 4 is 0 Å². The quantitative estimate of drug-likeness (QED) is 0.858. The predicted molar refractivity (Wildman–Crippen MR) is 73.3 cm³/mol. The number of benzene rings is 1. The minimum absolute atomic E-state index is 0.0325. The van der Waals surface area contributed by atoms with Crippen molar-refractivity contribution in [3.8, 4) is 11.5 Å². The fourth-order valence-corrected chi connectivity index (χ4v) is 2.60. The number of ether oxygens (including phenoxy) is 2. The molecule has 1 aliphatic rings. The van der Waals surface area contributed by atoms with E-state index in [-0.39, 0.29) is 11.9 Å². The van der Waals surface area contributed by atoms with Crippen molar-refractivity contribution in [3.05, 3.63) is 23.5 Å². The van der Waals surface area contributed by atoms with Crippen molar-refractivity contribution in [3.63, 3.8) is 0 Å². The molecule has 1 aromatic rings. The lowest BCUT2D eigenvalue weighted by Gasteiger charge is -2.30. The van der Waals surface area contributed by atoms with Gasteiger partial charge in [-0.1, -0.05) is 19.3 Å². The van der Waals surface area contributed by atoms with Gasteiger partial charge in [-0.25, -0.2) is 4.39 Å². The molecule has 106 valence electrons. The van der Waals surface area contributed by atoms with Crippen LogP contribution in [-0.2, 0) is 0 Å². The summed E-state index contributed by atoms with van der Waals surface area (Å²) in [5.74, 6) is 1.48. The molecule has 1 fully saturated rings. The van der Waals surface area contributed by atoms with Gasteiger partial charge in [0, 0.05) is 17.7 Å². The first kappa shape index (κ1) is 14.1. The Morgan fingerprint density at radius 2 is 1.89 bits per heavy atom. The maximum absolute atomic E-state index is 14.2. The zero-order valence-corrected chi connectivity index (χ0v) is 11.8. The molecule has 19 heavy (non-hydrogen) atoms. The average molecular weight is 267 g/mol. The molecule has 1 unspecified atom stereocenters. The highest BCUT2D eigenvalue weighted by molar-refractivity contribution is 5.44. The molecule has 3 nitrogen and oxygen atoms in total. The highest BCUT2D eigenvalue weighted by atomic mass is 19.1. The minimum atomic E-state index is -0.240. The molecule has 0 heterocycles. The molecule has 0 spiro atoms. The van der Waals surface area contributed by atoms with Crippen molar-refractivity contribution in [2.45, 2.75) is 31.7 Å². The summed E-state index contributed by atoms with van der Waals surface area (Å²) in [5.41, 5.74) is 0.659. The Morgan fingerprint density at radius 3 is 2.37 bits per heavy atom. The molecule has 1 aromatic carbocycles. The van der Waals surface area contributed by atoms with Crippen molar-refractivity contribution in [2.75, 3.05) is 21.3 Å². The van der Waals surface area contributed by atoms with E-state index in [1.54, 1.807) is 13.2 Å². The molecule has 0 bridgehead atoms. The van der Waals surface area contributed by atoms with E-state index in [1.807, 2.05) is 7.05 Å².